The van der Waals surface area contributed by atoms with Crippen molar-refractivity contribution in [2.24, 2.45) is 4.99 Å². The highest BCUT2D eigenvalue weighted by Crippen LogP contribution is 2.15. The first-order valence-corrected chi connectivity index (χ1v) is 5.77. The number of hydrogen-bond donors (Lipinski definition) is 1. The summed E-state index contributed by atoms with van der Waals surface area (Å²) in [5, 5.41) is 2.89. The van der Waals surface area contributed by atoms with Crippen LogP contribution in [0.3, 0.4) is 0 Å². The van der Waals surface area contributed by atoms with Crippen molar-refractivity contribution in [3.05, 3.63) is 35.4 Å². The maximum absolute atomic E-state index is 12.0. The van der Waals surface area contributed by atoms with Gasteiger partial charge in [-0.3, -0.25) is 9.79 Å². The molecular formula is C13H17N3O. The van der Waals surface area contributed by atoms with Crippen molar-refractivity contribution in [1.82, 2.24) is 10.2 Å². The number of nitrogens with one attached hydrogen (secondary N) is 1. The fourth-order valence-electron chi connectivity index (χ4n) is 2.00. The van der Waals surface area contributed by atoms with Crippen LogP contribution in [0.2, 0.25) is 0 Å². The second kappa shape index (κ2) is 5.10. The molecule has 1 heterocycles. The Morgan fingerprint density at radius 3 is 2.88 bits per heavy atom. The van der Waals surface area contributed by atoms with Gasteiger partial charge in [0.05, 0.1) is 13.1 Å². The number of rotatable bonds is 4. The van der Waals surface area contributed by atoms with Crippen LogP contribution >= 0.6 is 0 Å². The Morgan fingerprint density at radius 2 is 2.24 bits per heavy atom. The summed E-state index contributed by atoms with van der Waals surface area (Å²) in [6, 6.07) is 7.66. The molecular weight excluding hydrogens is 214 g/mol. The summed E-state index contributed by atoms with van der Waals surface area (Å²) in [4.78, 5) is 18.5. The molecule has 90 valence electrons. The second-order valence-corrected chi connectivity index (χ2v) is 4.13. The lowest BCUT2D eigenvalue weighted by molar-refractivity contribution is 0.0993. The summed E-state index contributed by atoms with van der Waals surface area (Å²) in [5.74, 6) is 1.02. The summed E-state index contributed by atoms with van der Waals surface area (Å²) in [6.07, 6.45) is 0. The van der Waals surface area contributed by atoms with E-state index in [0.29, 0.717) is 6.54 Å². The van der Waals surface area contributed by atoms with Gasteiger partial charge in [-0.1, -0.05) is 24.3 Å². The average Bonchev–Trinajstić information content (AvgIpc) is 2.76. The van der Waals surface area contributed by atoms with Crippen LogP contribution in [-0.4, -0.2) is 50.2 Å². The molecule has 1 aliphatic heterocycles. The molecule has 17 heavy (non-hydrogen) atoms. The summed E-state index contributed by atoms with van der Waals surface area (Å²) in [6.45, 7) is 2.08. The van der Waals surface area contributed by atoms with Gasteiger partial charge >= 0.3 is 0 Å². The van der Waals surface area contributed by atoms with Gasteiger partial charge in [-0.15, -0.1) is 0 Å². The van der Waals surface area contributed by atoms with Gasteiger partial charge in [0.15, 0.2) is 5.78 Å². The number of ketones is 1. The minimum Gasteiger partial charge on any atom is -0.358 e. The molecule has 0 radical (unpaired) electrons. The van der Waals surface area contributed by atoms with Gasteiger partial charge in [0.2, 0.25) is 0 Å². The van der Waals surface area contributed by atoms with Crippen LogP contribution in [0.5, 0.6) is 0 Å². The lowest BCUT2D eigenvalue weighted by Crippen LogP contribution is -2.27. The smallest absolute Gasteiger partial charge is 0.177 e. The maximum atomic E-state index is 12.0. The molecule has 1 aromatic carbocycles. The van der Waals surface area contributed by atoms with Crippen molar-refractivity contribution < 1.29 is 4.79 Å². The molecule has 0 aliphatic carbocycles. The first kappa shape index (κ1) is 11.8. The number of likely N-dealkylation sites (N-methyl/N-ethyl adjacent to an activating group) is 2. The standard InChI is InChI=1S/C13H17N3O/c1-14-9-12(17)10-5-3-4-6-11(10)13-15-7-8-16(13)2/h3-6,14H,7-9H2,1-2H3. The van der Waals surface area contributed by atoms with E-state index in [9.17, 15) is 4.79 Å². The first-order chi connectivity index (χ1) is 8.24. The van der Waals surface area contributed by atoms with Crippen molar-refractivity contribution >= 4 is 11.6 Å². The van der Waals surface area contributed by atoms with E-state index in [-0.39, 0.29) is 5.78 Å². The fraction of sp³-hybridized carbons (Fsp3) is 0.385. The van der Waals surface area contributed by atoms with Gasteiger partial charge in [-0.25, -0.2) is 0 Å². The molecule has 1 aromatic rings. The van der Waals surface area contributed by atoms with E-state index in [1.807, 2.05) is 31.3 Å². The van der Waals surface area contributed by atoms with Crippen LogP contribution in [0.1, 0.15) is 15.9 Å². The Morgan fingerprint density at radius 1 is 1.47 bits per heavy atom. The first-order valence-electron chi connectivity index (χ1n) is 5.77. The maximum Gasteiger partial charge on any atom is 0.177 e. The highest BCUT2D eigenvalue weighted by atomic mass is 16.1. The van der Waals surface area contributed by atoms with Gasteiger partial charge in [0.1, 0.15) is 5.84 Å². The van der Waals surface area contributed by atoms with Crippen LogP contribution in [0.15, 0.2) is 29.3 Å². The highest BCUT2D eigenvalue weighted by molar-refractivity contribution is 6.11. The van der Waals surface area contributed by atoms with Crippen molar-refractivity contribution in [3.8, 4) is 0 Å². The molecule has 0 fully saturated rings. The molecule has 0 saturated heterocycles. The number of benzene rings is 1. The number of aliphatic imine (C=N–C) groups is 1. The zero-order chi connectivity index (χ0) is 12.3. The van der Waals surface area contributed by atoms with Crippen LogP contribution in [0, 0.1) is 0 Å². The molecule has 0 bridgehead atoms. The number of hydrogen-bond acceptors (Lipinski definition) is 4. The molecule has 4 nitrogen and oxygen atoms in total. The topological polar surface area (TPSA) is 44.7 Å². The van der Waals surface area contributed by atoms with Crippen molar-refractivity contribution in [2.45, 2.75) is 0 Å². The van der Waals surface area contributed by atoms with Crippen LogP contribution in [0.25, 0.3) is 0 Å². The Bertz CT molecular complexity index is 454. The zero-order valence-electron chi connectivity index (χ0n) is 10.2. The van der Waals surface area contributed by atoms with E-state index in [2.05, 4.69) is 15.2 Å². The number of nitrogens with zero attached hydrogens (tertiary/aromatic N) is 2. The number of carbonyl (C=O) groups excluding carboxylic acids is 1. The summed E-state index contributed by atoms with van der Waals surface area (Å²) < 4.78 is 0. The molecule has 1 aliphatic rings. The lowest BCUT2D eigenvalue weighted by Gasteiger charge is -2.16. The average molecular weight is 231 g/mol. The summed E-state index contributed by atoms with van der Waals surface area (Å²) in [5.41, 5.74) is 1.68. The van der Waals surface area contributed by atoms with E-state index >= 15 is 0 Å². The summed E-state index contributed by atoms with van der Waals surface area (Å²) >= 11 is 0. The van der Waals surface area contributed by atoms with Crippen molar-refractivity contribution in [2.75, 3.05) is 33.7 Å². The van der Waals surface area contributed by atoms with Gasteiger partial charge in [0, 0.05) is 24.7 Å². The van der Waals surface area contributed by atoms with E-state index < -0.39 is 0 Å². The van der Waals surface area contributed by atoms with Gasteiger partial charge in [-0.2, -0.15) is 0 Å². The molecule has 0 aromatic heterocycles. The number of amidine groups is 1. The lowest BCUT2D eigenvalue weighted by atomic mass is 10.0. The third-order valence-corrected chi connectivity index (χ3v) is 2.86. The molecule has 1 N–H and O–H groups in total. The Balaban J connectivity index is 2.37. The van der Waals surface area contributed by atoms with Gasteiger partial charge < -0.3 is 10.2 Å². The molecule has 0 atom stereocenters. The van der Waals surface area contributed by atoms with Gasteiger partial charge in [0.25, 0.3) is 0 Å². The minimum atomic E-state index is 0.103. The van der Waals surface area contributed by atoms with E-state index in [4.69, 9.17) is 0 Å². The highest BCUT2D eigenvalue weighted by Gasteiger charge is 2.19. The normalized spacial score (nSPS) is 14.9. The van der Waals surface area contributed by atoms with Gasteiger partial charge in [-0.05, 0) is 7.05 Å². The summed E-state index contributed by atoms with van der Waals surface area (Å²) in [7, 11) is 3.78. The Hall–Kier alpha value is -1.68. The third-order valence-electron chi connectivity index (χ3n) is 2.86. The molecule has 0 saturated carbocycles. The zero-order valence-corrected chi connectivity index (χ0v) is 10.2. The SMILES string of the molecule is CNCC(=O)c1ccccc1C1=NCCN1C. The van der Waals surface area contributed by atoms with E-state index in [0.717, 1.165) is 30.1 Å². The fourth-order valence-corrected chi connectivity index (χ4v) is 2.00. The van der Waals surface area contributed by atoms with E-state index in [1.54, 1.807) is 7.05 Å². The predicted octanol–water partition coefficient (Wildman–Crippen LogP) is 0.781. The molecule has 0 unspecified atom stereocenters. The molecule has 0 amide bonds. The van der Waals surface area contributed by atoms with Crippen molar-refractivity contribution in [3.63, 3.8) is 0 Å². The predicted molar refractivity (Wildman–Crippen MR) is 68.7 cm³/mol. The third kappa shape index (κ3) is 2.36. The Kier molecular flexibility index (Phi) is 3.54. The van der Waals surface area contributed by atoms with Crippen LogP contribution in [0.4, 0.5) is 0 Å². The number of Topliss-reactive ketones (excluding diaryl/α,β-unsaturated/α-hetero) is 1. The monoisotopic (exact) mass is 231 g/mol. The minimum absolute atomic E-state index is 0.103. The largest absolute Gasteiger partial charge is 0.358 e. The van der Waals surface area contributed by atoms with Crippen molar-refractivity contribution in [1.29, 1.82) is 0 Å². The Labute approximate surface area is 101 Å². The van der Waals surface area contributed by atoms with Crippen LogP contribution in [-0.2, 0) is 0 Å². The number of carbonyl (C=O) groups is 1. The second-order valence-electron chi connectivity index (χ2n) is 4.13. The molecule has 2 rings (SSSR count). The van der Waals surface area contributed by atoms with E-state index in [1.165, 1.54) is 0 Å². The molecule has 0 spiro atoms. The quantitative estimate of drug-likeness (QED) is 0.779. The molecule has 4 heteroatoms. The van der Waals surface area contributed by atoms with Crippen LogP contribution < -0.4 is 5.32 Å².